The predicted octanol–water partition coefficient (Wildman–Crippen LogP) is 4.53. The summed E-state index contributed by atoms with van der Waals surface area (Å²) >= 11 is 0. The van der Waals surface area contributed by atoms with Crippen LogP contribution in [0.2, 0.25) is 0 Å². The van der Waals surface area contributed by atoms with Gasteiger partial charge >= 0.3 is 11.7 Å². The molecular weight excluding hydrogens is 470 g/mol. The number of fused-ring (bicyclic) bond motifs is 3. The molecule has 1 aliphatic rings. The molecule has 1 atom stereocenters. The molecule has 9 nitrogen and oxygen atoms in total. The van der Waals surface area contributed by atoms with Gasteiger partial charge in [0.25, 0.3) is 0 Å². The van der Waals surface area contributed by atoms with Crippen LogP contribution in [-0.4, -0.2) is 31.7 Å². The molecule has 1 N–H and O–H groups in total. The predicted molar refractivity (Wildman–Crippen MR) is 138 cm³/mol. The van der Waals surface area contributed by atoms with Crippen molar-refractivity contribution in [3.63, 3.8) is 0 Å². The van der Waals surface area contributed by atoms with Crippen LogP contribution in [0.5, 0.6) is 0 Å². The molecule has 184 valence electrons. The van der Waals surface area contributed by atoms with Crippen molar-refractivity contribution in [3.05, 3.63) is 112 Å². The first kappa shape index (κ1) is 22.5. The van der Waals surface area contributed by atoms with E-state index >= 15 is 0 Å². The molecule has 0 amide bonds. The highest BCUT2D eigenvalue weighted by molar-refractivity contribution is 5.95. The fraction of sp³-hybridized carbons (Fsp3) is 0.143. The molecule has 0 spiro atoms. The van der Waals surface area contributed by atoms with Crippen LogP contribution in [0.3, 0.4) is 0 Å². The molecule has 6 rings (SSSR count). The van der Waals surface area contributed by atoms with Crippen molar-refractivity contribution in [2.75, 3.05) is 11.9 Å². The topological polar surface area (TPSA) is 104 Å². The zero-order chi connectivity index (χ0) is 25.5. The largest absolute Gasteiger partial charge is 0.463 e. The van der Waals surface area contributed by atoms with Crippen LogP contribution in [0.1, 0.15) is 30.9 Å². The Bertz CT molecular complexity index is 1700. The Balaban J connectivity index is 1.76. The van der Waals surface area contributed by atoms with Gasteiger partial charge in [0.1, 0.15) is 5.82 Å². The highest BCUT2D eigenvalue weighted by atomic mass is 16.5. The van der Waals surface area contributed by atoms with Gasteiger partial charge in [-0.3, -0.25) is 0 Å². The fourth-order valence-corrected chi connectivity index (χ4v) is 4.90. The van der Waals surface area contributed by atoms with Gasteiger partial charge in [-0.25, -0.2) is 18.6 Å². The number of hydrogen-bond acceptors (Lipinski definition) is 7. The maximum Gasteiger partial charge on any atom is 0.342 e. The maximum absolute atomic E-state index is 14.1. The Hall–Kier alpha value is -4.92. The van der Waals surface area contributed by atoms with Gasteiger partial charge < -0.3 is 14.5 Å². The first-order valence-electron chi connectivity index (χ1n) is 11.9. The van der Waals surface area contributed by atoms with Gasteiger partial charge in [0.2, 0.25) is 5.82 Å². The maximum atomic E-state index is 14.1. The number of hydrogen-bond donors (Lipinski definition) is 1. The first-order chi connectivity index (χ1) is 18.1. The van der Waals surface area contributed by atoms with Crippen LogP contribution >= 0.6 is 0 Å². The minimum absolute atomic E-state index is 0.233. The minimum atomic E-state index is -0.566. The molecule has 0 aliphatic carbocycles. The van der Waals surface area contributed by atoms with Crippen molar-refractivity contribution in [2.24, 2.45) is 0 Å². The molecule has 0 bridgehead atoms. The SMILES string of the molecule is CCOC(=O)C1=C(C)Nc2c(c3nnc(-c4ccco4)n3c(=O)n2-c2ccccc2)C1c1ccccc1. The lowest BCUT2D eigenvalue weighted by atomic mass is 9.82. The van der Waals surface area contributed by atoms with E-state index in [-0.39, 0.29) is 18.1 Å². The number of nitrogens with one attached hydrogen (secondary N) is 1. The first-order valence-corrected chi connectivity index (χ1v) is 11.9. The summed E-state index contributed by atoms with van der Waals surface area (Å²) in [6.07, 6.45) is 1.52. The van der Waals surface area contributed by atoms with Gasteiger partial charge in [0, 0.05) is 5.70 Å². The van der Waals surface area contributed by atoms with E-state index in [1.54, 1.807) is 23.6 Å². The van der Waals surface area contributed by atoms with Crippen molar-refractivity contribution in [1.82, 2.24) is 19.2 Å². The third-order valence-corrected chi connectivity index (χ3v) is 6.44. The van der Waals surface area contributed by atoms with Gasteiger partial charge in [-0.15, -0.1) is 10.2 Å². The number of furan rings is 1. The number of benzene rings is 2. The Kier molecular flexibility index (Phi) is 5.45. The van der Waals surface area contributed by atoms with Gasteiger partial charge in [-0.05, 0) is 43.7 Å². The van der Waals surface area contributed by atoms with E-state index < -0.39 is 11.9 Å². The Morgan fingerprint density at radius 1 is 1.03 bits per heavy atom. The lowest BCUT2D eigenvalue weighted by Gasteiger charge is -2.32. The zero-order valence-corrected chi connectivity index (χ0v) is 20.2. The van der Waals surface area contributed by atoms with Crippen molar-refractivity contribution < 1.29 is 13.9 Å². The minimum Gasteiger partial charge on any atom is -0.463 e. The molecule has 5 aromatic rings. The third kappa shape index (κ3) is 3.55. The average Bonchev–Trinajstić information content (AvgIpc) is 3.60. The molecule has 1 aliphatic heterocycles. The molecule has 1 unspecified atom stereocenters. The number of anilines is 1. The fourth-order valence-electron chi connectivity index (χ4n) is 4.90. The highest BCUT2D eigenvalue weighted by Crippen LogP contribution is 2.44. The van der Waals surface area contributed by atoms with E-state index in [9.17, 15) is 9.59 Å². The Morgan fingerprint density at radius 2 is 1.76 bits per heavy atom. The highest BCUT2D eigenvalue weighted by Gasteiger charge is 2.38. The number of para-hydroxylation sites is 1. The van der Waals surface area contributed by atoms with Crippen LogP contribution < -0.4 is 11.0 Å². The zero-order valence-electron chi connectivity index (χ0n) is 20.2. The lowest BCUT2D eigenvalue weighted by Crippen LogP contribution is -2.34. The van der Waals surface area contributed by atoms with Crippen molar-refractivity contribution >= 4 is 17.4 Å². The number of allylic oxidation sites excluding steroid dienone is 1. The van der Waals surface area contributed by atoms with E-state index in [2.05, 4.69) is 15.5 Å². The summed E-state index contributed by atoms with van der Waals surface area (Å²) in [7, 11) is 0. The molecule has 2 aromatic carbocycles. The molecule has 0 saturated heterocycles. The molecule has 0 radical (unpaired) electrons. The smallest absolute Gasteiger partial charge is 0.342 e. The second kappa shape index (κ2) is 8.94. The molecule has 3 aromatic heterocycles. The Morgan fingerprint density at radius 3 is 2.43 bits per heavy atom. The summed E-state index contributed by atoms with van der Waals surface area (Å²) < 4.78 is 14.1. The Labute approximate surface area is 211 Å². The molecule has 0 saturated carbocycles. The number of rotatable bonds is 5. The van der Waals surface area contributed by atoms with E-state index in [4.69, 9.17) is 9.15 Å². The van der Waals surface area contributed by atoms with Crippen molar-refractivity contribution in [1.29, 1.82) is 0 Å². The summed E-state index contributed by atoms with van der Waals surface area (Å²) in [5.74, 6) is 0.188. The monoisotopic (exact) mass is 493 g/mol. The summed E-state index contributed by atoms with van der Waals surface area (Å²) in [6.45, 7) is 3.82. The number of carbonyl (C=O) groups excluding carboxylic acids is 1. The number of carbonyl (C=O) groups is 1. The molecule has 4 heterocycles. The third-order valence-electron chi connectivity index (χ3n) is 6.44. The van der Waals surface area contributed by atoms with Crippen molar-refractivity contribution in [2.45, 2.75) is 19.8 Å². The van der Waals surface area contributed by atoms with E-state index in [0.29, 0.717) is 39.7 Å². The molecule has 0 fully saturated rings. The summed E-state index contributed by atoms with van der Waals surface area (Å²) in [5.41, 5.74) is 3.14. The molecular formula is C28H23N5O4. The van der Waals surface area contributed by atoms with Crippen LogP contribution in [-0.2, 0) is 9.53 Å². The van der Waals surface area contributed by atoms with E-state index in [0.717, 1.165) is 5.56 Å². The number of nitrogens with zero attached hydrogens (tertiary/aromatic N) is 4. The quantitative estimate of drug-likeness (QED) is 0.359. The number of ether oxygens (including phenoxy) is 1. The van der Waals surface area contributed by atoms with E-state index in [1.165, 1.54) is 10.7 Å². The standard InChI is InChI=1S/C28H23N5O4/c1-3-36-27(34)21-17(2)29-25-23(22(21)18-11-6-4-7-12-18)26-31-30-24(20-15-10-16-37-20)33(26)28(35)32(25)19-13-8-5-9-14-19/h4-16,22,29H,3H2,1-2H3. The summed E-state index contributed by atoms with van der Waals surface area (Å²) in [6, 6.07) is 22.4. The van der Waals surface area contributed by atoms with E-state index in [1.807, 2.05) is 67.6 Å². The lowest BCUT2D eigenvalue weighted by molar-refractivity contribution is -0.138. The van der Waals surface area contributed by atoms with Gasteiger partial charge in [-0.2, -0.15) is 0 Å². The van der Waals surface area contributed by atoms with Gasteiger partial charge in [-0.1, -0.05) is 48.5 Å². The molecule has 9 heteroatoms. The summed E-state index contributed by atoms with van der Waals surface area (Å²) in [4.78, 5) is 27.4. The number of esters is 1. The normalized spacial score (nSPS) is 14.9. The second-order valence-corrected chi connectivity index (χ2v) is 8.60. The molecule has 37 heavy (non-hydrogen) atoms. The van der Waals surface area contributed by atoms with Crippen molar-refractivity contribution in [3.8, 4) is 17.3 Å². The van der Waals surface area contributed by atoms with Crippen LogP contribution in [0, 0.1) is 0 Å². The van der Waals surface area contributed by atoms with Crippen LogP contribution in [0.4, 0.5) is 5.82 Å². The van der Waals surface area contributed by atoms with Gasteiger partial charge in [0.05, 0.1) is 35.6 Å². The second-order valence-electron chi connectivity index (χ2n) is 8.60. The van der Waals surface area contributed by atoms with Gasteiger partial charge in [0.15, 0.2) is 11.4 Å². The van der Waals surface area contributed by atoms with Crippen LogP contribution in [0.25, 0.3) is 22.9 Å². The average molecular weight is 494 g/mol. The van der Waals surface area contributed by atoms with Crippen LogP contribution in [0.15, 0.2) is 99.5 Å². The summed E-state index contributed by atoms with van der Waals surface area (Å²) in [5, 5.41) is 12.1. The number of aromatic nitrogens is 4.